The van der Waals surface area contributed by atoms with Gasteiger partial charge in [-0.2, -0.15) is 15.0 Å². The standard InChI is InChI=1S/C13H15IN6/c14-9-5-1-2-6-10(9)16-12-17-11(15)18-13(19-12)20-7-3-4-8-20/h1-2,5-6H,3-4,7-8H2,(H3,15,16,17,18,19). The highest BCUT2D eigenvalue weighted by Gasteiger charge is 2.17. The van der Waals surface area contributed by atoms with Crippen LogP contribution in [0.4, 0.5) is 23.5 Å². The Hall–Kier alpha value is -1.64. The predicted molar refractivity (Wildman–Crippen MR) is 88.1 cm³/mol. The van der Waals surface area contributed by atoms with Crippen LogP contribution in [0.15, 0.2) is 24.3 Å². The van der Waals surface area contributed by atoms with Crippen molar-refractivity contribution in [1.29, 1.82) is 0 Å². The number of rotatable bonds is 3. The molecular weight excluding hydrogens is 367 g/mol. The maximum absolute atomic E-state index is 5.79. The topological polar surface area (TPSA) is 80.0 Å². The summed E-state index contributed by atoms with van der Waals surface area (Å²) < 4.78 is 1.10. The predicted octanol–water partition coefficient (Wildman–Crippen LogP) is 2.40. The Kier molecular flexibility index (Phi) is 3.86. The minimum Gasteiger partial charge on any atom is -0.368 e. The van der Waals surface area contributed by atoms with Gasteiger partial charge in [-0.1, -0.05) is 12.1 Å². The highest BCUT2D eigenvalue weighted by atomic mass is 127. The molecule has 0 aliphatic carbocycles. The second-order valence-electron chi connectivity index (χ2n) is 4.62. The van der Waals surface area contributed by atoms with Crippen LogP contribution < -0.4 is 16.0 Å². The zero-order valence-corrected chi connectivity index (χ0v) is 13.0. The highest BCUT2D eigenvalue weighted by Crippen LogP contribution is 2.22. The first-order chi connectivity index (χ1) is 9.72. The van der Waals surface area contributed by atoms with E-state index in [9.17, 15) is 0 Å². The van der Waals surface area contributed by atoms with Crippen molar-refractivity contribution in [2.24, 2.45) is 0 Å². The van der Waals surface area contributed by atoms with Gasteiger partial charge in [0.05, 0.1) is 5.69 Å². The first kappa shape index (κ1) is 13.3. The van der Waals surface area contributed by atoms with Crippen LogP contribution in [-0.4, -0.2) is 28.0 Å². The fourth-order valence-corrected chi connectivity index (χ4v) is 2.70. The molecule has 1 saturated heterocycles. The number of nitrogen functional groups attached to an aromatic ring is 1. The Morgan fingerprint density at radius 1 is 1.10 bits per heavy atom. The van der Waals surface area contributed by atoms with Gasteiger partial charge in [-0.25, -0.2) is 0 Å². The van der Waals surface area contributed by atoms with E-state index in [2.05, 4.69) is 47.8 Å². The first-order valence-electron chi connectivity index (χ1n) is 6.50. The largest absolute Gasteiger partial charge is 0.368 e. The number of nitrogens with two attached hydrogens (primary N) is 1. The molecule has 3 rings (SSSR count). The molecule has 0 spiro atoms. The fourth-order valence-electron chi connectivity index (χ4n) is 2.18. The van der Waals surface area contributed by atoms with Crippen molar-refractivity contribution in [1.82, 2.24) is 15.0 Å². The number of para-hydroxylation sites is 1. The number of hydrogen-bond acceptors (Lipinski definition) is 6. The normalized spacial score (nSPS) is 14.6. The molecular formula is C13H15IN6. The fraction of sp³-hybridized carbons (Fsp3) is 0.308. The van der Waals surface area contributed by atoms with Gasteiger partial charge < -0.3 is 16.0 Å². The van der Waals surface area contributed by atoms with Crippen LogP contribution in [0.3, 0.4) is 0 Å². The molecule has 1 aliphatic heterocycles. The van der Waals surface area contributed by atoms with Crippen molar-refractivity contribution < 1.29 is 0 Å². The third-order valence-electron chi connectivity index (χ3n) is 3.15. The average Bonchev–Trinajstić information content (AvgIpc) is 2.95. The molecule has 3 N–H and O–H groups in total. The average molecular weight is 382 g/mol. The molecule has 0 atom stereocenters. The van der Waals surface area contributed by atoms with Crippen LogP contribution in [0.25, 0.3) is 0 Å². The second-order valence-corrected chi connectivity index (χ2v) is 5.78. The van der Waals surface area contributed by atoms with E-state index < -0.39 is 0 Å². The lowest BCUT2D eigenvalue weighted by molar-refractivity contribution is 0.887. The lowest BCUT2D eigenvalue weighted by Crippen LogP contribution is -2.22. The van der Waals surface area contributed by atoms with Crippen LogP contribution in [0.1, 0.15) is 12.8 Å². The van der Waals surface area contributed by atoms with Gasteiger partial charge in [-0.3, -0.25) is 0 Å². The molecule has 0 radical (unpaired) electrons. The van der Waals surface area contributed by atoms with Crippen molar-refractivity contribution in [3.05, 3.63) is 27.8 Å². The quantitative estimate of drug-likeness (QED) is 0.794. The van der Waals surface area contributed by atoms with E-state index in [-0.39, 0.29) is 5.95 Å². The van der Waals surface area contributed by atoms with Crippen LogP contribution >= 0.6 is 22.6 Å². The summed E-state index contributed by atoms with van der Waals surface area (Å²) in [6.07, 6.45) is 2.34. The van der Waals surface area contributed by atoms with Crippen LogP contribution in [0.2, 0.25) is 0 Å². The van der Waals surface area contributed by atoms with Gasteiger partial charge in [0, 0.05) is 16.7 Å². The van der Waals surface area contributed by atoms with Gasteiger partial charge in [-0.15, -0.1) is 0 Å². The molecule has 1 aromatic carbocycles. The summed E-state index contributed by atoms with van der Waals surface area (Å²) in [4.78, 5) is 15.0. The minimum atomic E-state index is 0.246. The molecule has 0 saturated carbocycles. The number of aromatic nitrogens is 3. The lowest BCUT2D eigenvalue weighted by atomic mass is 10.3. The highest BCUT2D eigenvalue weighted by molar-refractivity contribution is 14.1. The van der Waals surface area contributed by atoms with E-state index in [4.69, 9.17) is 5.73 Å². The number of nitrogens with zero attached hydrogens (tertiary/aromatic N) is 4. The molecule has 0 bridgehead atoms. The number of hydrogen-bond donors (Lipinski definition) is 2. The summed E-state index contributed by atoms with van der Waals surface area (Å²) >= 11 is 2.27. The second kappa shape index (κ2) is 5.78. The van der Waals surface area contributed by atoms with E-state index >= 15 is 0 Å². The van der Waals surface area contributed by atoms with E-state index in [0.29, 0.717) is 11.9 Å². The summed E-state index contributed by atoms with van der Waals surface area (Å²) in [5.41, 5.74) is 6.75. The Morgan fingerprint density at radius 2 is 1.85 bits per heavy atom. The molecule has 1 aliphatic rings. The lowest BCUT2D eigenvalue weighted by Gasteiger charge is -2.16. The molecule has 1 aromatic heterocycles. The zero-order valence-electron chi connectivity index (χ0n) is 10.9. The van der Waals surface area contributed by atoms with Crippen LogP contribution in [0, 0.1) is 3.57 Å². The maximum atomic E-state index is 5.79. The molecule has 0 unspecified atom stereocenters. The van der Waals surface area contributed by atoms with E-state index in [0.717, 1.165) is 22.3 Å². The molecule has 2 aromatic rings. The van der Waals surface area contributed by atoms with Gasteiger partial charge >= 0.3 is 0 Å². The number of benzene rings is 1. The maximum Gasteiger partial charge on any atom is 0.233 e. The van der Waals surface area contributed by atoms with Crippen LogP contribution in [0.5, 0.6) is 0 Å². The van der Waals surface area contributed by atoms with Gasteiger partial charge in [0.2, 0.25) is 17.8 Å². The summed E-state index contributed by atoms with van der Waals surface area (Å²) in [5.74, 6) is 1.39. The number of nitrogens with one attached hydrogen (secondary N) is 1. The van der Waals surface area contributed by atoms with Gasteiger partial charge in [0.25, 0.3) is 0 Å². The van der Waals surface area contributed by atoms with Crippen molar-refractivity contribution >= 4 is 46.1 Å². The van der Waals surface area contributed by atoms with Crippen molar-refractivity contribution in [2.45, 2.75) is 12.8 Å². The molecule has 6 nitrogen and oxygen atoms in total. The molecule has 1 fully saturated rings. The van der Waals surface area contributed by atoms with Gasteiger partial charge in [0.1, 0.15) is 0 Å². The monoisotopic (exact) mass is 382 g/mol. The van der Waals surface area contributed by atoms with Crippen molar-refractivity contribution in [3.63, 3.8) is 0 Å². The summed E-state index contributed by atoms with van der Waals surface area (Å²) in [5, 5.41) is 3.20. The Bertz CT molecular complexity index is 612. The first-order valence-corrected chi connectivity index (χ1v) is 7.58. The third kappa shape index (κ3) is 2.92. The van der Waals surface area contributed by atoms with E-state index in [1.165, 1.54) is 12.8 Å². The molecule has 0 amide bonds. The Labute approximate surface area is 131 Å². The van der Waals surface area contributed by atoms with Gasteiger partial charge in [0.15, 0.2) is 0 Å². The van der Waals surface area contributed by atoms with Crippen LogP contribution in [-0.2, 0) is 0 Å². The molecule has 20 heavy (non-hydrogen) atoms. The smallest absolute Gasteiger partial charge is 0.233 e. The number of anilines is 4. The summed E-state index contributed by atoms with van der Waals surface area (Å²) in [7, 11) is 0. The van der Waals surface area contributed by atoms with E-state index in [1.807, 2.05) is 24.3 Å². The summed E-state index contributed by atoms with van der Waals surface area (Å²) in [6.45, 7) is 1.96. The minimum absolute atomic E-state index is 0.246. The molecule has 2 heterocycles. The SMILES string of the molecule is Nc1nc(Nc2ccccc2I)nc(N2CCCC2)n1. The van der Waals surface area contributed by atoms with Crippen molar-refractivity contribution in [2.75, 3.05) is 29.0 Å². The van der Waals surface area contributed by atoms with E-state index in [1.54, 1.807) is 0 Å². The Balaban J connectivity index is 1.88. The Morgan fingerprint density at radius 3 is 2.60 bits per heavy atom. The summed E-state index contributed by atoms with van der Waals surface area (Å²) in [6, 6.07) is 7.97. The zero-order chi connectivity index (χ0) is 13.9. The van der Waals surface area contributed by atoms with Crippen molar-refractivity contribution in [3.8, 4) is 0 Å². The third-order valence-corrected chi connectivity index (χ3v) is 4.09. The molecule has 104 valence electrons. The van der Waals surface area contributed by atoms with Gasteiger partial charge in [-0.05, 0) is 47.6 Å². The number of halogens is 1. The molecule has 7 heteroatoms.